The van der Waals surface area contributed by atoms with Crippen molar-refractivity contribution in [2.45, 2.75) is 12.5 Å². The first-order chi connectivity index (χ1) is 6.31. The van der Waals surface area contributed by atoms with Gasteiger partial charge in [-0.3, -0.25) is 0 Å². The Bertz CT molecular complexity index is 310. The third-order valence-corrected chi connectivity index (χ3v) is 2.39. The van der Waals surface area contributed by atoms with Crippen molar-refractivity contribution in [3.05, 3.63) is 29.6 Å². The van der Waals surface area contributed by atoms with Crippen LogP contribution >= 0.6 is 0 Å². The van der Waals surface area contributed by atoms with Gasteiger partial charge in [0.1, 0.15) is 11.6 Å². The molecule has 0 saturated carbocycles. The van der Waals surface area contributed by atoms with Gasteiger partial charge in [0.2, 0.25) is 0 Å². The van der Waals surface area contributed by atoms with Crippen molar-refractivity contribution in [2.24, 2.45) is 0 Å². The standard InChI is InChI=1S/C10H12FNO/c1-13-10-3-2-7(11)6-8(10)9-4-5-12-9/h2-3,6,9,12H,4-5H2,1H3. The third kappa shape index (κ3) is 1.52. The largest absolute Gasteiger partial charge is 0.496 e. The Morgan fingerprint density at radius 3 is 2.85 bits per heavy atom. The molecule has 1 aliphatic rings. The Morgan fingerprint density at radius 2 is 2.31 bits per heavy atom. The number of hydrogen-bond acceptors (Lipinski definition) is 2. The van der Waals surface area contributed by atoms with Crippen LogP contribution in [0.5, 0.6) is 5.75 Å². The van der Waals surface area contributed by atoms with Gasteiger partial charge < -0.3 is 10.1 Å². The first-order valence-corrected chi connectivity index (χ1v) is 4.38. The monoisotopic (exact) mass is 181 g/mol. The van der Waals surface area contributed by atoms with Crippen LogP contribution in [0.2, 0.25) is 0 Å². The van der Waals surface area contributed by atoms with E-state index in [2.05, 4.69) is 5.32 Å². The van der Waals surface area contributed by atoms with Crippen molar-refractivity contribution < 1.29 is 9.13 Å². The lowest BCUT2D eigenvalue weighted by Crippen LogP contribution is -2.35. The zero-order valence-electron chi connectivity index (χ0n) is 7.51. The van der Waals surface area contributed by atoms with E-state index in [1.807, 2.05) is 0 Å². The van der Waals surface area contributed by atoms with E-state index in [9.17, 15) is 4.39 Å². The van der Waals surface area contributed by atoms with Gasteiger partial charge in [0.25, 0.3) is 0 Å². The van der Waals surface area contributed by atoms with E-state index >= 15 is 0 Å². The fourth-order valence-electron chi connectivity index (χ4n) is 1.53. The molecule has 1 heterocycles. The molecule has 1 aromatic carbocycles. The second-order valence-corrected chi connectivity index (χ2v) is 3.18. The highest BCUT2D eigenvalue weighted by Gasteiger charge is 2.22. The summed E-state index contributed by atoms with van der Waals surface area (Å²) in [6.07, 6.45) is 1.06. The van der Waals surface area contributed by atoms with Crippen LogP contribution in [0.25, 0.3) is 0 Å². The van der Waals surface area contributed by atoms with Gasteiger partial charge in [-0.2, -0.15) is 0 Å². The number of halogens is 1. The van der Waals surface area contributed by atoms with Crippen molar-refractivity contribution >= 4 is 0 Å². The molecule has 1 aliphatic heterocycles. The van der Waals surface area contributed by atoms with Crippen molar-refractivity contribution in [1.29, 1.82) is 0 Å². The molecule has 1 atom stereocenters. The molecule has 13 heavy (non-hydrogen) atoms. The van der Waals surface area contributed by atoms with Crippen LogP contribution in [-0.4, -0.2) is 13.7 Å². The van der Waals surface area contributed by atoms with Crippen molar-refractivity contribution in [3.63, 3.8) is 0 Å². The van der Waals surface area contributed by atoms with Gasteiger partial charge in [0, 0.05) is 11.6 Å². The number of nitrogens with one attached hydrogen (secondary N) is 1. The molecular formula is C10H12FNO. The Hall–Kier alpha value is -1.09. The fourth-order valence-corrected chi connectivity index (χ4v) is 1.53. The fraction of sp³-hybridized carbons (Fsp3) is 0.400. The number of methoxy groups -OCH3 is 1. The van der Waals surface area contributed by atoms with Crippen molar-refractivity contribution in [3.8, 4) is 5.75 Å². The lowest BCUT2D eigenvalue weighted by molar-refractivity contribution is 0.351. The van der Waals surface area contributed by atoms with Crippen LogP contribution in [0.3, 0.4) is 0 Å². The minimum Gasteiger partial charge on any atom is -0.496 e. The van der Waals surface area contributed by atoms with Gasteiger partial charge in [0.05, 0.1) is 7.11 Å². The topological polar surface area (TPSA) is 21.3 Å². The molecule has 0 spiro atoms. The van der Waals surface area contributed by atoms with Crippen LogP contribution in [0.1, 0.15) is 18.0 Å². The molecule has 3 heteroatoms. The molecule has 0 aliphatic carbocycles. The lowest BCUT2D eigenvalue weighted by atomic mass is 9.97. The second kappa shape index (κ2) is 3.34. The summed E-state index contributed by atoms with van der Waals surface area (Å²) < 4.78 is 18.1. The van der Waals surface area contributed by atoms with Gasteiger partial charge in [-0.25, -0.2) is 4.39 Å². The smallest absolute Gasteiger partial charge is 0.123 e. The normalized spacial score (nSPS) is 20.9. The first kappa shape index (κ1) is 8.51. The maximum atomic E-state index is 12.9. The maximum Gasteiger partial charge on any atom is 0.123 e. The molecule has 2 nitrogen and oxygen atoms in total. The molecular weight excluding hydrogens is 169 g/mol. The van der Waals surface area contributed by atoms with Gasteiger partial charge >= 0.3 is 0 Å². The van der Waals surface area contributed by atoms with Crippen LogP contribution in [0.15, 0.2) is 18.2 Å². The first-order valence-electron chi connectivity index (χ1n) is 4.38. The number of hydrogen-bond donors (Lipinski definition) is 1. The van der Waals surface area contributed by atoms with Crippen LogP contribution in [0, 0.1) is 5.82 Å². The second-order valence-electron chi connectivity index (χ2n) is 3.18. The van der Waals surface area contributed by atoms with Crippen LogP contribution in [-0.2, 0) is 0 Å². The third-order valence-electron chi connectivity index (χ3n) is 2.39. The number of rotatable bonds is 2. The molecule has 0 bridgehead atoms. The molecule has 1 fully saturated rings. The predicted molar refractivity (Wildman–Crippen MR) is 48.3 cm³/mol. The summed E-state index contributed by atoms with van der Waals surface area (Å²) >= 11 is 0. The summed E-state index contributed by atoms with van der Waals surface area (Å²) in [7, 11) is 1.61. The average molecular weight is 181 g/mol. The molecule has 2 rings (SSSR count). The SMILES string of the molecule is COc1ccc(F)cc1C1CCN1. The molecule has 1 unspecified atom stereocenters. The molecule has 0 radical (unpaired) electrons. The molecule has 0 aromatic heterocycles. The number of ether oxygens (including phenoxy) is 1. The summed E-state index contributed by atoms with van der Waals surface area (Å²) in [5.74, 6) is 0.558. The quantitative estimate of drug-likeness (QED) is 0.752. The van der Waals surface area contributed by atoms with Gasteiger partial charge in [0.15, 0.2) is 0 Å². The predicted octanol–water partition coefficient (Wildman–Crippen LogP) is 1.87. The highest BCUT2D eigenvalue weighted by atomic mass is 19.1. The molecule has 0 amide bonds. The Morgan fingerprint density at radius 1 is 1.54 bits per heavy atom. The molecule has 70 valence electrons. The highest BCUT2D eigenvalue weighted by molar-refractivity contribution is 5.37. The Balaban J connectivity index is 2.33. The Labute approximate surface area is 76.7 Å². The zero-order valence-corrected chi connectivity index (χ0v) is 7.51. The molecule has 1 aromatic rings. The van der Waals surface area contributed by atoms with E-state index in [1.165, 1.54) is 12.1 Å². The summed E-state index contributed by atoms with van der Waals surface area (Å²) in [4.78, 5) is 0. The molecule has 1 saturated heterocycles. The minimum absolute atomic E-state index is 0.204. The van der Waals surface area contributed by atoms with Gasteiger partial charge in [-0.15, -0.1) is 0 Å². The highest BCUT2D eigenvalue weighted by Crippen LogP contribution is 2.31. The van der Waals surface area contributed by atoms with Crippen LogP contribution < -0.4 is 10.1 Å². The van der Waals surface area contributed by atoms with E-state index in [0.29, 0.717) is 0 Å². The van der Waals surface area contributed by atoms with E-state index < -0.39 is 0 Å². The van der Waals surface area contributed by atoms with Gasteiger partial charge in [-0.1, -0.05) is 0 Å². The van der Waals surface area contributed by atoms with Gasteiger partial charge in [-0.05, 0) is 31.2 Å². The lowest BCUT2D eigenvalue weighted by Gasteiger charge is -2.29. The van der Waals surface area contributed by atoms with Crippen LogP contribution in [0.4, 0.5) is 4.39 Å². The summed E-state index contributed by atoms with van der Waals surface area (Å²) in [5, 5.41) is 3.22. The average Bonchev–Trinajstić information content (AvgIpc) is 2.02. The van der Waals surface area contributed by atoms with E-state index in [0.717, 1.165) is 24.3 Å². The van der Waals surface area contributed by atoms with Crippen molar-refractivity contribution in [2.75, 3.05) is 13.7 Å². The summed E-state index contributed by atoms with van der Waals surface area (Å²) in [6, 6.07) is 4.90. The van der Waals surface area contributed by atoms with E-state index in [1.54, 1.807) is 13.2 Å². The van der Waals surface area contributed by atoms with Crippen molar-refractivity contribution in [1.82, 2.24) is 5.32 Å². The van der Waals surface area contributed by atoms with E-state index in [4.69, 9.17) is 4.74 Å². The van der Waals surface area contributed by atoms with E-state index in [-0.39, 0.29) is 11.9 Å². The Kier molecular flexibility index (Phi) is 2.19. The number of benzene rings is 1. The molecule has 1 N–H and O–H groups in total. The maximum absolute atomic E-state index is 12.9. The minimum atomic E-state index is -0.204. The summed E-state index contributed by atoms with van der Waals surface area (Å²) in [6.45, 7) is 1.00. The zero-order chi connectivity index (χ0) is 9.26. The summed E-state index contributed by atoms with van der Waals surface area (Å²) in [5.41, 5.74) is 0.925.